The average molecular weight is 397 g/mol. The molecule has 30 heavy (non-hydrogen) atoms. The van der Waals surface area contributed by atoms with E-state index in [-0.39, 0.29) is 24.4 Å². The third-order valence-electron chi connectivity index (χ3n) is 5.05. The van der Waals surface area contributed by atoms with Gasteiger partial charge in [0.1, 0.15) is 0 Å². The summed E-state index contributed by atoms with van der Waals surface area (Å²) in [6.45, 7) is 4.21. The van der Waals surface area contributed by atoms with Gasteiger partial charge >= 0.3 is 0 Å². The Morgan fingerprint density at radius 1 is 0.900 bits per heavy atom. The molecule has 0 saturated carbocycles. The van der Waals surface area contributed by atoms with Gasteiger partial charge in [0.15, 0.2) is 0 Å². The Morgan fingerprint density at radius 3 is 2.37 bits per heavy atom. The molecule has 3 aromatic carbocycles. The number of amides is 1. The molecule has 1 aromatic heterocycles. The highest BCUT2D eigenvalue weighted by atomic mass is 16.2. The summed E-state index contributed by atoms with van der Waals surface area (Å²) in [5.41, 5.74) is 4.47. The fraction of sp³-hybridized carbons (Fsp3) is 0.160. The number of hydrogen-bond acceptors (Lipinski definition) is 3. The zero-order chi connectivity index (χ0) is 21.1. The van der Waals surface area contributed by atoms with Crippen LogP contribution in [0.1, 0.15) is 17.5 Å². The highest BCUT2D eigenvalue weighted by Gasteiger charge is 2.13. The lowest BCUT2D eigenvalue weighted by atomic mass is 10.0. The number of nitrogens with one attached hydrogen (secondary N) is 1. The molecule has 4 rings (SSSR count). The third kappa shape index (κ3) is 4.15. The Kier molecular flexibility index (Phi) is 5.44. The molecule has 0 radical (unpaired) electrons. The van der Waals surface area contributed by atoms with Gasteiger partial charge in [-0.1, -0.05) is 60.2 Å². The molecule has 0 unspecified atom stereocenters. The monoisotopic (exact) mass is 397 g/mol. The molecule has 0 saturated heterocycles. The van der Waals surface area contributed by atoms with Crippen LogP contribution in [0.25, 0.3) is 22.0 Å². The van der Waals surface area contributed by atoms with Crippen molar-refractivity contribution in [1.82, 2.24) is 9.78 Å². The van der Waals surface area contributed by atoms with E-state index in [0.717, 1.165) is 33.5 Å². The van der Waals surface area contributed by atoms with E-state index in [1.165, 1.54) is 4.68 Å². The first-order valence-corrected chi connectivity index (χ1v) is 9.95. The van der Waals surface area contributed by atoms with Crippen LogP contribution in [-0.2, 0) is 11.3 Å². The highest BCUT2D eigenvalue weighted by molar-refractivity contribution is 5.94. The molecule has 4 aromatic rings. The summed E-state index contributed by atoms with van der Waals surface area (Å²) < 4.78 is 1.40. The highest BCUT2D eigenvalue weighted by Crippen LogP contribution is 2.25. The SMILES string of the molecule is Cc1ccc(-c2nn(CCC(=O)Nc3cccc(C)c3)c(=O)c3ccccc23)cc1. The minimum Gasteiger partial charge on any atom is -0.326 e. The van der Waals surface area contributed by atoms with Crippen LogP contribution in [0.15, 0.2) is 77.6 Å². The number of hydrogen-bond donors (Lipinski definition) is 1. The van der Waals surface area contributed by atoms with Crippen molar-refractivity contribution in [2.24, 2.45) is 0 Å². The van der Waals surface area contributed by atoms with Gasteiger partial charge in [0.25, 0.3) is 5.56 Å². The standard InChI is InChI=1S/C25H23N3O2/c1-17-10-12-19(13-11-17)24-21-8-3-4-9-22(21)25(30)28(27-24)15-14-23(29)26-20-7-5-6-18(2)16-20/h3-13,16H,14-15H2,1-2H3,(H,26,29). The minimum absolute atomic E-state index is 0.153. The van der Waals surface area contributed by atoms with Gasteiger partial charge in [0.05, 0.1) is 17.6 Å². The van der Waals surface area contributed by atoms with Gasteiger partial charge < -0.3 is 5.32 Å². The van der Waals surface area contributed by atoms with Crippen molar-refractivity contribution in [3.63, 3.8) is 0 Å². The van der Waals surface area contributed by atoms with Crippen LogP contribution in [0.5, 0.6) is 0 Å². The molecule has 0 aliphatic heterocycles. The van der Waals surface area contributed by atoms with E-state index < -0.39 is 0 Å². The average Bonchev–Trinajstić information content (AvgIpc) is 2.74. The van der Waals surface area contributed by atoms with Crippen LogP contribution >= 0.6 is 0 Å². The topological polar surface area (TPSA) is 64.0 Å². The molecule has 5 nitrogen and oxygen atoms in total. The van der Waals surface area contributed by atoms with Gasteiger partial charge in [-0.05, 0) is 37.6 Å². The van der Waals surface area contributed by atoms with E-state index in [2.05, 4.69) is 10.4 Å². The molecular formula is C25H23N3O2. The van der Waals surface area contributed by atoms with E-state index in [1.807, 2.05) is 80.6 Å². The van der Waals surface area contributed by atoms with Crippen LogP contribution in [0, 0.1) is 13.8 Å². The summed E-state index contributed by atoms with van der Waals surface area (Å²) in [7, 11) is 0. The Labute approximate surface area is 175 Å². The Hall–Kier alpha value is -3.73. The molecule has 1 N–H and O–H groups in total. The van der Waals surface area contributed by atoms with Crippen molar-refractivity contribution in [2.75, 3.05) is 5.32 Å². The van der Waals surface area contributed by atoms with Gasteiger partial charge in [-0.25, -0.2) is 4.68 Å². The van der Waals surface area contributed by atoms with E-state index in [4.69, 9.17) is 0 Å². The second kappa shape index (κ2) is 8.33. The van der Waals surface area contributed by atoms with Crippen molar-refractivity contribution in [3.8, 4) is 11.3 Å². The quantitative estimate of drug-likeness (QED) is 0.530. The summed E-state index contributed by atoms with van der Waals surface area (Å²) in [6.07, 6.45) is 0.159. The van der Waals surface area contributed by atoms with Crippen LogP contribution in [0.3, 0.4) is 0 Å². The Bertz CT molecular complexity index is 1270. The van der Waals surface area contributed by atoms with E-state index in [9.17, 15) is 9.59 Å². The molecule has 1 heterocycles. The van der Waals surface area contributed by atoms with Crippen molar-refractivity contribution in [2.45, 2.75) is 26.8 Å². The summed E-state index contributed by atoms with van der Waals surface area (Å²) in [6, 6.07) is 23.1. The first kappa shape index (κ1) is 19.6. The van der Waals surface area contributed by atoms with E-state index in [1.54, 1.807) is 6.07 Å². The molecule has 0 atom stereocenters. The molecular weight excluding hydrogens is 374 g/mol. The predicted octanol–water partition coefficient (Wildman–Crippen LogP) is 4.71. The zero-order valence-corrected chi connectivity index (χ0v) is 17.1. The van der Waals surface area contributed by atoms with Crippen LogP contribution in [-0.4, -0.2) is 15.7 Å². The van der Waals surface area contributed by atoms with Gasteiger partial charge in [-0.2, -0.15) is 5.10 Å². The maximum atomic E-state index is 13.0. The number of benzene rings is 3. The lowest BCUT2D eigenvalue weighted by Gasteiger charge is -2.12. The zero-order valence-electron chi connectivity index (χ0n) is 17.1. The smallest absolute Gasteiger partial charge is 0.274 e. The van der Waals surface area contributed by atoms with Crippen LogP contribution in [0.4, 0.5) is 5.69 Å². The molecule has 0 aliphatic rings. The number of aryl methyl sites for hydroxylation is 3. The van der Waals surface area contributed by atoms with Gasteiger partial charge in [-0.3, -0.25) is 9.59 Å². The normalized spacial score (nSPS) is 10.9. The molecule has 0 spiro atoms. The lowest BCUT2D eigenvalue weighted by Crippen LogP contribution is -2.26. The Balaban J connectivity index is 1.64. The molecule has 150 valence electrons. The fourth-order valence-electron chi connectivity index (χ4n) is 3.47. The van der Waals surface area contributed by atoms with Crippen molar-refractivity contribution >= 4 is 22.4 Å². The maximum absolute atomic E-state index is 13.0. The summed E-state index contributed by atoms with van der Waals surface area (Å²) in [5.74, 6) is -0.153. The summed E-state index contributed by atoms with van der Waals surface area (Å²) in [4.78, 5) is 25.4. The number of nitrogens with zero attached hydrogens (tertiary/aromatic N) is 2. The number of carbonyl (C=O) groups is 1. The van der Waals surface area contributed by atoms with Crippen LogP contribution in [0.2, 0.25) is 0 Å². The van der Waals surface area contributed by atoms with E-state index in [0.29, 0.717) is 5.39 Å². The predicted molar refractivity (Wildman–Crippen MR) is 121 cm³/mol. The van der Waals surface area contributed by atoms with Crippen molar-refractivity contribution in [1.29, 1.82) is 0 Å². The molecule has 1 amide bonds. The van der Waals surface area contributed by atoms with Crippen molar-refractivity contribution in [3.05, 3.63) is 94.3 Å². The second-order valence-corrected chi connectivity index (χ2v) is 7.46. The Morgan fingerprint density at radius 2 is 1.63 bits per heavy atom. The molecule has 5 heteroatoms. The third-order valence-corrected chi connectivity index (χ3v) is 5.05. The number of anilines is 1. The number of fused-ring (bicyclic) bond motifs is 1. The first-order chi connectivity index (χ1) is 14.5. The lowest BCUT2D eigenvalue weighted by molar-refractivity contribution is -0.116. The summed E-state index contributed by atoms with van der Waals surface area (Å²) >= 11 is 0. The van der Waals surface area contributed by atoms with Gasteiger partial charge in [0.2, 0.25) is 5.91 Å². The largest absolute Gasteiger partial charge is 0.326 e. The van der Waals surface area contributed by atoms with E-state index >= 15 is 0 Å². The van der Waals surface area contributed by atoms with Gasteiger partial charge in [-0.15, -0.1) is 0 Å². The van der Waals surface area contributed by atoms with Crippen molar-refractivity contribution < 1.29 is 4.79 Å². The number of rotatable bonds is 5. The fourth-order valence-corrected chi connectivity index (χ4v) is 3.47. The van der Waals surface area contributed by atoms with Crippen LogP contribution < -0.4 is 10.9 Å². The first-order valence-electron chi connectivity index (χ1n) is 9.95. The minimum atomic E-state index is -0.190. The second-order valence-electron chi connectivity index (χ2n) is 7.46. The number of carbonyl (C=O) groups excluding carboxylic acids is 1. The number of aromatic nitrogens is 2. The van der Waals surface area contributed by atoms with Gasteiger partial charge in [0, 0.05) is 23.1 Å². The maximum Gasteiger partial charge on any atom is 0.274 e. The molecule has 0 fully saturated rings. The molecule has 0 aliphatic carbocycles. The molecule has 0 bridgehead atoms. The summed E-state index contributed by atoms with van der Waals surface area (Å²) in [5, 5.41) is 8.91.